The van der Waals surface area contributed by atoms with Crippen molar-refractivity contribution in [3.63, 3.8) is 0 Å². The maximum atomic E-state index is 3.67. The molecule has 114 valence electrons. The summed E-state index contributed by atoms with van der Waals surface area (Å²) in [5, 5.41) is 3.67. The molecule has 0 heterocycles. The third kappa shape index (κ3) is 5.66. The summed E-state index contributed by atoms with van der Waals surface area (Å²) >= 11 is 0. The van der Waals surface area contributed by atoms with Gasteiger partial charge in [0.2, 0.25) is 0 Å². The third-order valence-corrected chi connectivity index (χ3v) is 4.16. The molecule has 1 unspecified atom stereocenters. The molecule has 1 rings (SSSR count). The van der Waals surface area contributed by atoms with E-state index < -0.39 is 0 Å². The molecular formula is C19H33N. The van der Waals surface area contributed by atoms with Gasteiger partial charge in [-0.2, -0.15) is 0 Å². The molecule has 0 amide bonds. The van der Waals surface area contributed by atoms with E-state index >= 15 is 0 Å². The van der Waals surface area contributed by atoms with Crippen LogP contribution >= 0.6 is 0 Å². The standard InChI is InChI=1S/C19H33N/c1-14-9-10-16(11-15(14)2)12-17(18(3,4)5)13-20-19(6,7)8/h9-11,17,20H,12-13H2,1-8H3. The van der Waals surface area contributed by atoms with Crippen LogP contribution in [0.1, 0.15) is 58.2 Å². The van der Waals surface area contributed by atoms with Gasteiger partial charge in [0.15, 0.2) is 0 Å². The van der Waals surface area contributed by atoms with Crippen LogP contribution < -0.4 is 5.32 Å². The number of nitrogens with one attached hydrogen (secondary N) is 1. The molecule has 0 aliphatic carbocycles. The summed E-state index contributed by atoms with van der Waals surface area (Å²) < 4.78 is 0. The lowest BCUT2D eigenvalue weighted by molar-refractivity contribution is 0.214. The lowest BCUT2D eigenvalue weighted by Crippen LogP contribution is -2.42. The Kier molecular flexibility index (Phi) is 5.43. The topological polar surface area (TPSA) is 12.0 Å². The Morgan fingerprint density at radius 1 is 0.950 bits per heavy atom. The monoisotopic (exact) mass is 275 g/mol. The molecule has 0 fully saturated rings. The molecule has 1 atom stereocenters. The molecule has 1 aromatic rings. The molecule has 0 bridgehead atoms. The second kappa shape index (κ2) is 6.30. The zero-order chi connectivity index (χ0) is 15.6. The fourth-order valence-corrected chi connectivity index (χ4v) is 2.33. The van der Waals surface area contributed by atoms with Crippen LogP contribution in [-0.4, -0.2) is 12.1 Å². The van der Waals surface area contributed by atoms with Gasteiger partial charge in [0.25, 0.3) is 0 Å². The average molecular weight is 275 g/mol. The summed E-state index contributed by atoms with van der Waals surface area (Å²) in [6, 6.07) is 6.89. The minimum Gasteiger partial charge on any atom is -0.312 e. The van der Waals surface area contributed by atoms with Crippen LogP contribution in [0.4, 0.5) is 0 Å². The summed E-state index contributed by atoms with van der Waals surface area (Å²) in [5.74, 6) is 0.642. The summed E-state index contributed by atoms with van der Waals surface area (Å²) in [7, 11) is 0. The number of benzene rings is 1. The van der Waals surface area contributed by atoms with Gasteiger partial charge < -0.3 is 5.32 Å². The minimum atomic E-state index is 0.187. The first kappa shape index (κ1) is 17.2. The van der Waals surface area contributed by atoms with Gasteiger partial charge in [-0.05, 0) is 75.6 Å². The molecule has 0 aliphatic heterocycles. The van der Waals surface area contributed by atoms with Gasteiger partial charge in [0.05, 0.1) is 0 Å². The van der Waals surface area contributed by atoms with Crippen LogP contribution in [0, 0.1) is 25.2 Å². The SMILES string of the molecule is Cc1ccc(CC(CNC(C)(C)C)C(C)(C)C)cc1C. The molecular weight excluding hydrogens is 242 g/mol. The van der Waals surface area contributed by atoms with Crippen molar-refractivity contribution in [2.24, 2.45) is 11.3 Å². The van der Waals surface area contributed by atoms with Crippen molar-refractivity contribution in [3.05, 3.63) is 34.9 Å². The molecule has 0 saturated carbocycles. The summed E-state index contributed by atoms with van der Waals surface area (Å²) in [6.07, 6.45) is 1.15. The molecule has 1 aromatic carbocycles. The number of rotatable bonds is 4. The Labute approximate surface area is 126 Å². The second-order valence-electron chi connectivity index (χ2n) is 8.32. The Balaban J connectivity index is 2.82. The van der Waals surface area contributed by atoms with E-state index in [1.807, 2.05) is 0 Å². The van der Waals surface area contributed by atoms with Gasteiger partial charge >= 0.3 is 0 Å². The van der Waals surface area contributed by atoms with Crippen molar-refractivity contribution >= 4 is 0 Å². The van der Waals surface area contributed by atoms with Gasteiger partial charge in [0.1, 0.15) is 0 Å². The van der Waals surface area contributed by atoms with E-state index in [-0.39, 0.29) is 5.54 Å². The average Bonchev–Trinajstić information content (AvgIpc) is 2.26. The normalized spacial score (nSPS) is 14.4. The van der Waals surface area contributed by atoms with E-state index in [1.165, 1.54) is 16.7 Å². The smallest absolute Gasteiger partial charge is 0.00966 e. The predicted molar refractivity (Wildman–Crippen MR) is 90.3 cm³/mol. The number of hydrogen-bond donors (Lipinski definition) is 1. The van der Waals surface area contributed by atoms with Crippen LogP contribution in [0.5, 0.6) is 0 Å². The van der Waals surface area contributed by atoms with Gasteiger partial charge in [-0.15, -0.1) is 0 Å². The minimum absolute atomic E-state index is 0.187. The largest absolute Gasteiger partial charge is 0.312 e. The second-order valence-corrected chi connectivity index (χ2v) is 8.32. The highest BCUT2D eigenvalue weighted by Gasteiger charge is 2.26. The lowest BCUT2D eigenvalue weighted by atomic mass is 9.76. The van der Waals surface area contributed by atoms with Crippen molar-refractivity contribution in [2.45, 2.75) is 67.3 Å². The molecule has 1 heteroatoms. The first-order valence-electron chi connectivity index (χ1n) is 7.80. The van der Waals surface area contributed by atoms with Gasteiger partial charge in [-0.25, -0.2) is 0 Å². The molecule has 0 aliphatic rings. The number of aryl methyl sites for hydroxylation is 2. The van der Waals surface area contributed by atoms with Gasteiger partial charge in [-0.3, -0.25) is 0 Å². The van der Waals surface area contributed by atoms with Crippen LogP contribution in [0.15, 0.2) is 18.2 Å². The first-order chi connectivity index (χ1) is 8.99. The van der Waals surface area contributed by atoms with Crippen LogP contribution in [0.2, 0.25) is 0 Å². The van der Waals surface area contributed by atoms with Gasteiger partial charge in [-0.1, -0.05) is 39.0 Å². The van der Waals surface area contributed by atoms with Crippen molar-refractivity contribution in [1.82, 2.24) is 5.32 Å². The molecule has 0 spiro atoms. The Bertz CT molecular complexity index is 432. The van der Waals surface area contributed by atoms with Crippen molar-refractivity contribution in [3.8, 4) is 0 Å². The van der Waals surface area contributed by atoms with Gasteiger partial charge in [0, 0.05) is 5.54 Å². The summed E-state index contributed by atoms with van der Waals surface area (Å²) in [5.41, 5.74) is 4.75. The first-order valence-corrected chi connectivity index (χ1v) is 7.80. The Morgan fingerprint density at radius 3 is 2.00 bits per heavy atom. The predicted octanol–water partition coefficient (Wildman–Crippen LogP) is 4.90. The molecule has 1 nitrogen and oxygen atoms in total. The lowest BCUT2D eigenvalue weighted by Gasteiger charge is -2.34. The summed E-state index contributed by atoms with van der Waals surface area (Å²) in [6.45, 7) is 19.2. The number of hydrogen-bond acceptors (Lipinski definition) is 1. The van der Waals surface area contributed by atoms with Crippen LogP contribution in [0.3, 0.4) is 0 Å². The fraction of sp³-hybridized carbons (Fsp3) is 0.684. The highest BCUT2D eigenvalue weighted by molar-refractivity contribution is 5.30. The van der Waals surface area contributed by atoms with E-state index in [0.717, 1.165) is 13.0 Å². The zero-order valence-electron chi connectivity index (χ0n) is 14.7. The Morgan fingerprint density at radius 2 is 1.55 bits per heavy atom. The zero-order valence-corrected chi connectivity index (χ0v) is 14.7. The highest BCUT2D eigenvalue weighted by Crippen LogP contribution is 2.29. The van der Waals surface area contributed by atoms with E-state index in [1.54, 1.807) is 0 Å². The quantitative estimate of drug-likeness (QED) is 0.824. The molecule has 1 N–H and O–H groups in total. The Hall–Kier alpha value is -0.820. The molecule has 20 heavy (non-hydrogen) atoms. The van der Waals surface area contributed by atoms with Crippen molar-refractivity contribution in [2.75, 3.05) is 6.54 Å². The summed E-state index contributed by atoms with van der Waals surface area (Å²) in [4.78, 5) is 0. The van der Waals surface area contributed by atoms with E-state index in [0.29, 0.717) is 11.3 Å². The molecule has 0 aromatic heterocycles. The maximum absolute atomic E-state index is 3.67. The van der Waals surface area contributed by atoms with Crippen LogP contribution in [0.25, 0.3) is 0 Å². The van der Waals surface area contributed by atoms with E-state index in [9.17, 15) is 0 Å². The molecule has 0 saturated heterocycles. The maximum Gasteiger partial charge on any atom is 0.00966 e. The fourth-order valence-electron chi connectivity index (χ4n) is 2.33. The van der Waals surface area contributed by atoms with E-state index in [4.69, 9.17) is 0 Å². The third-order valence-electron chi connectivity index (χ3n) is 4.16. The van der Waals surface area contributed by atoms with Crippen LogP contribution in [-0.2, 0) is 6.42 Å². The molecule has 0 radical (unpaired) electrons. The van der Waals surface area contributed by atoms with Crippen molar-refractivity contribution < 1.29 is 0 Å². The van der Waals surface area contributed by atoms with Crippen molar-refractivity contribution in [1.29, 1.82) is 0 Å². The highest BCUT2D eigenvalue weighted by atomic mass is 14.9. The van der Waals surface area contributed by atoms with E-state index in [2.05, 4.69) is 78.9 Å².